The number of nitrogens with one attached hydrogen (secondary N) is 1. The second kappa shape index (κ2) is 8.36. The van der Waals surface area contributed by atoms with E-state index in [1.54, 1.807) is 28.8 Å². The van der Waals surface area contributed by atoms with Crippen molar-refractivity contribution < 1.29 is 13.9 Å². The van der Waals surface area contributed by atoms with Gasteiger partial charge in [-0.1, -0.05) is 31.2 Å². The molecule has 132 valence electrons. The van der Waals surface area contributed by atoms with Crippen molar-refractivity contribution in [1.82, 2.24) is 4.90 Å². The molecule has 0 aliphatic carbocycles. The summed E-state index contributed by atoms with van der Waals surface area (Å²) in [7, 11) is 0. The fraction of sp³-hybridized carbons (Fsp3) is 0.316. The van der Waals surface area contributed by atoms with Crippen LogP contribution in [0.2, 0.25) is 0 Å². The lowest BCUT2D eigenvalue weighted by atomic mass is 10.1. The molecule has 1 aliphatic heterocycles. The van der Waals surface area contributed by atoms with E-state index in [0.717, 1.165) is 21.9 Å². The summed E-state index contributed by atoms with van der Waals surface area (Å²) < 4.78 is 18.8. The summed E-state index contributed by atoms with van der Waals surface area (Å²) in [6.45, 7) is 3.52. The summed E-state index contributed by atoms with van der Waals surface area (Å²) in [6, 6.07) is 13.9. The molecular weight excluding hydrogens is 339 g/mol. The Morgan fingerprint density at radius 3 is 2.80 bits per heavy atom. The van der Waals surface area contributed by atoms with Gasteiger partial charge >= 0.3 is 6.03 Å². The Labute approximate surface area is 151 Å². The third kappa shape index (κ3) is 4.52. The van der Waals surface area contributed by atoms with Gasteiger partial charge in [-0.2, -0.15) is 0 Å². The van der Waals surface area contributed by atoms with E-state index in [4.69, 9.17) is 4.74 Å². The number of ether oxygens (including phenoxy) is 1. The molecule has 0 saturated carbocycles. The van der Waals surface area contributed by atoms with Crippen LogP contribution < -0.4 is 5.32 Å². The molecule has 0 unspecified atom stereocenters. The number of carbonyl (C=O) groups is 1. The Bertz CT molecular complexity index is 724. The van der Waals surface area contributed by atoms with Crippen LogP contribution in [0, 0.1) is 5.82 Å². The van der Waals surface area contributed by atoms with E-state index in [1.807, 2.05) is 24.3 Å². The first-order valence-electron chi connectivity index (χ1n) is 8.32. The number of benzene rings is 2. The van der Waals surface area contributed by atoms with Gasteiger partial charge in [0.15, 0.2) is 0 Å². The Kier molecular flexibility index (Phi) is 5.94. The molecule has 0 radical (unpaired) electrons. The van der Waals surface area contributed by atoms with Crippen molar-refractivity contribution in [3.8, 4) is 0 Å². The third-order valence-corrected chi connectivity index (χ3v) is 4.98. The van der Waals surface area contributed by atoms with Gasteiger partial charge in [0.1, 0.15) is 11.9 Å². The smallest absolute Gasteiger partial charge is 0.322 e. The van der Waals surface area contributed by atoms with Crippen LogP contribution in [0.3, 0.4) is 0 Å². The lowest BCUT2D eigenvalue weighted by Crippen LogP contribution is -2.44. The highest BCUT2D eigenvalue weighted by Crippen LogP contribution is 2.28. The maximum atomic E-state index is 13.1. The minimum Gasteiger partial charge on any atom is -0.370 e. The van der Waals surface area contributed by atoms with Crippen molar-refractivity contribution in [3.05, 3.63) is 59.9 Å². The molecule has 1 aliphatic rings. The molecule has 2 aromatic rings. The molecule has 2 aromatic carbocycles. The van der Waals surface area contributed by atoms with E-state index in [0.29, 0.717) is 19.7 Å². The maximum absolute atomic E-state index is 13.1. The Morgan fingerprint density at radius 1 is 1.28 bits per heavy atom. The molecular formula is C19H21FN2O2S. The predicted octanol–water partition coefficient (Wildman–Crippen LogP) is 4.54. The third-order valence-electron chi connectivity index (χ3n) is 4.02. The molecule has 0 spiro atoms. The van der Waals surface area contributed by atoms with Crippen LogP contribution in [-0.2, 0) is 4.74 Å². The Morgan fingerprint density at radius 2 is 2.04 bits per heavy atom. The molecule has 4 nitrogen and oxygen atoms in total. The van der Waals surface area contributed by atoms with E-state index in [-0.39, 0.29) is 18.0 Å². The van der Waals surface area contributed by atoms with Gasteiger partial charge in [-0.15, -0.1) is 11.8 Å². The van der Waals surface area contributed by atoms with Crippen LogP contribution >= 0.6 is 11.8 Å². The number of carbonyl (C=O) groups excluding carboxylic acids is 1. The molecule has 1 atom stereocenters. The maximum Gasteiger partial charge on any atom is 0.322 e. The van der Waals surface area contributed by atoms with Gasteiger partial charge in [0.25, 0.3) is 0 Å². The molecule has 0 bridgehead atoms. The van der Waals surface area contributed by atoms with E-state index < -0.39 is 0 Å². The number of amides is 2. The molecule has 1 N–H and O–H groups in total. The standard InChI is InChI=1S/C19H21FN2O2S/c1-2-25-18-6-4-3-5-16(18)21-19(23)22-11-12-24-17(13-22)14-7-9-15(20)10-8-14/h3-10,17H,2,11-13H2,1H3,(H,21,23)/t17-/m0/s1. The van der Waals surface area contributed by atoms with E-state index in [2.05, 4.69) is 12.2 Å². The Balaban J connectivity index is 1.67. The topological polar surface area (TPSA) is 41.6 Å². The molecule has 1 saturated heterocycles. The summed E-state index contributed by atoms with van der Waals surface area (Å²) in [4.78, 5) is 15.4. The Hall–Kier alpha value is -2.05. The largest absolute Gasteiger partial charge is 0.370 e. The first kappa shape index (κ1) is 17.8. The highest BCUT2D eigenvalue weighted by molar-refractivity contribution is 7.99. The zero-order valence-corrected chi connectivity index (χ0v) is 14.9. The molecule has 3 rings (SSSR count). The normalized spacial score (nSPS) is 17.4. The number of urea groups is 1. The average molecular weight is 360 g/mol. The molecule has 1 fully saturated rings. The summed E-state index contributed by atoms with van der Waals surface area (Å²) in [6.07, 6.45) is -0.236. The van der Waals surface area contributed by atoms with Crippen molar-refractivity contribution in [2.45, 2.75) is 17.9 Å². The average Bonchev–Trinajstić information content (AvgIpc) is 2.64. The van der Waals surface area contributed by atoms with Gasteiger partial charge in [0.05, 0.1) is 18.8 Å². The van der Waals surface area contributed by atoms with Gasteiger partial charge in [0, 0.05) is 11.4 Å². The number of morpholine rings is 1. The number of hydrogen-bond donors (Lipinski definition) is 1. The number of thioether (sulfide) groups is 1. The van der Waals surface area contributed by atoms with Gasteiger partial charge in [-0.05, 0) is 35.6 Å². The summed E-state index contributed by atoms with van der Waals surface area (Å²) in [5.74, 6) is 0.663. The zero-order valence-electron chi connectivity index (χ0n) is 14.1. The first-order chi connectivity index (χ1) is 12.2. The lowest BCUT2D eigenvalue weighted by molar-refractivity contribution is -0.0135. The summed E-state index contributed by atoms with van der Waals surface area (Å²) >= 11 is 1.70. The summed E-state index contributed by atoms with van der Waals surface area (Å²) in [5, 5.41) is 3.00. The number of hydrogen-bond acceptors (Lipinski definition) is 3. The molecule has 2 amide bonds. The van der Waals surface area contributed by atoms with Crippen molar-refractivity contribution in [2.75, 3.05) is 30.8 Å². The molecule has 25 heavy (non-hydrogen) atoms. The van der Waals surface area contributed by atoms with Crippen LogP contribution in [0.5, 0.6) is 0 Å². The minimum absolute atomic E-state index is 0.139. The number of anilines is 1. The molecule has 1 heterocycles. The van der Waals surface area contributed by atoms with Gasteiger partial charge < -0.3 is 15.0 Å². The fourth-order valence-electron chi connectivity index (χ4n) is 2.76. The summed E-state index contributed by atoms with van der Waals surface area (Å²) in [5.41, 5.74) is 1.70. The monoisotopic (exact) mass is 360 g/mol. The molecule has 0 aromatic heterocycles. The van der Waals surface area contributed by atoms with Crippen LogP contribution in [0.1, 0.15) is 18.6 Å². The number of halogens is 1. The van der Waals surface area contributed by atoms with Crippen molar-refractivity contribution in [2.24, 2.45) is 0 Å². The number of rotatable bonds is 4. The van der Waals surface area contributed by atoms with Crippen molar-refractivity contribution in [3.63, 3.8) is 0 Å². The second-order valence-corrected chi connectivity index (χ2v) is 7.02. The quantitative estimate of drug-likeness (QED) is 0.814. The van der Waals surface area contributed by atoms with E-state index in [9.17, 15) is 9.18 Å². The van der Waals surface area contributed by atoms with Crippen LogP contribution in [-0.4, -0.2) is 36.4 Å². The van der Waals surface area contributed by atoms with Gasteiger partial charge in [-0.3, -0.25) is 0 Å². The lowest BCUT2D eigenvalue weighted by Gasteiger charge is -2.33. The van der Waals surface area contributed by atoms with Crippen LogP contribution in [0.15, 0.2) is 53.4 Å². The number of para-hydroxylation sites is 1. The van der Waals surface area contributed by atoms with E-state index >= 15 is 0 Å². The second-order valence-electron chi connectivity index (χ2n) is 5.72. The van der Waals surface area contributed by atoms with Gasteiger partial charge in [0.2, 0.25) is 0 Å². The number of nitrogens with zero attached hydrogens (tertiary/aromatic N) is 1. The van der Waals surface area contributed by atoms with Crippen molar-refractivity contribution in [1.29, 1.82) is 0 Å². The molecule has 6 heteroatoms. The minimum atomic E-state index is -0.279. The van der Waals surface area contributed by atoms with Gasteiger partial charge in [-0.25, -0.2) is 9.18 Å². The highest BCUT2D eigenvalue weighted by Gasteiger charge is 2.25. The van der Waals surface area contributed by atoms with Crippen LogP contribution in [0.4, 0.5) is 14.9 Å². The van der Waals surface area contributed by atoms with Crippen LogP contribution in [0.25, 0.3) is 0 Å². The zero-order chi connectivity index (χ0) is 17.6. The van der Waals surface area contributed by atoms with E-state index in [1.165, 1.54) is 12.1 Å². The predicted molar refractivity (Wildman–Crippen MR) is 98.5 cm³/mol. The highest BCUT2D eigenvalue weighted by atomic mass is 32.2. The fourth-order valence-corrected chi connectivity index (χ4v) is 3.52. The first-order valence-corrected chi connectivity index (χ1v) is 9.30. The SMILES string of the molecule is CCSc1ccccc1NC(=O)N1CCO[C@H](c2ccc(F)cc2)C1. The van der Waals surface area contributed by atoms with Crippen molar-refractivity contribution >= 4 is 23.5 Å².